The van der Waals surface area contributed by atoms with Crippen molar-refractivity contribution < 1.29 is 4.58 Å². The van der Waals surface area contributed by atoms with Crippen LogP contribution in [0.25, 0.3) is 0 Å². The molecule has 0 amide bonds. The van der Waals surface area contributed by atoms with Crippen molar-refractivity contribution in [2.24, 2.45) is 5.10 Å². The maximum Gasteiger partial charge on any atom is 0.256 e. The van der Waals surface area contributed by atoms with Crippen molar-refractivity contribution in [3.8, 4) is 0 Å². The van der Waals surface area contributed by atoms with Crippen molar-refractivity contribution in [3.63, 3.8) is 0 Å². The third-order valence-electron chi connectivity index (χ3n) is 1.40. The quantitative estimate of drug-likeness (QED) is 0.315. The fraction of sp³-hybridized carbons (Fsp3) is 0.200. The molecular formula is C10H14N3+. The Bertz CT molecular complexity index is 297. The van der Waals surface area contributed by atoms with Gasteiger partial charge < -0.3 is 0 Å². The summed E-state index contributed by atoms with van der Waals surface area (Å²) in [5, 5.41) is 4.01. The summed E-state index contributed by atoms with van der Waals surface area (Å²) in [4.78, 5) is 0. The standard InChI is InChI=1S/C10H13N3/c1-13(2)9-12-11-8-10-6-4-3-5-7-10/h3-9H,1-2H3/p+1/b11-8-. The van der Waals surface area contributed by atoms with Gasteiger partial charge in [0.05, 0.1) is 20.3 Å². The van der Waals surface area contributed by atoms with Crippen molar-refractivity contribution in [1.29, 1.82) is 0 Å². The highest BCUT2D eigenvalue weighted by atomic mass is 15.3. The summed E-state index contributed by atoms with van der Waals surface area (Å²) in [5.74, 6) is 0. The number of hydrogen-bond acceptors (Lipinski definition) is 1. The molecule has 1 aromatic carbocycles. The van der Waals surface area contributed by atoms with Gasteiger partial charge in [0, 0.05) is 0 Å². The van der Waals surface area contributed by atoms with Crippen LogP contribution < -0.4 is 5.43 Å². The zero-order valence-corrected chi connectivity index (χ0v) is 7.94. The molecule has 3 heteroatoms. The van der Waals surface area contributed by atoms with Gasteiger partial charge in [-0.1, -0.05) is 35.4 Å². The molecule has 0 saturated carbocycles. The van der Waals surface area contributed by atoms with Crippen molar-refractivity contribution in [3.05, 3.63) is 35.9 Å². The van der Waals surface area contributed by atoms with Gasteiger partial charge in [0.15, 0.2) is 0 Å². The third kappa shape index (κ3) is 4.06. The highest BCUT2D eigenvalue weighted by molar-refractivity contribution is 5.79. The molecule has 0 unspecified atom stereocenters. The molecule has 13 heavy (non-hydrogen) atoms. The smallest absolute Gasteiger partial charge is 0.256 e. The van der Waals surface area contributed by atoms with E-state index in [0.29, 0.717) is 0 Å². The van der Waals surface area contributed by atoms with Gasteiger partial charge in [-0.15, -0.1) is 0 Å². The maximum absolute atomic E-state index is 4.01. The van der Waals surface area contributed by atoms with Crippen LogP contribution in [0.4, 0.5) is 0 Å². The highest BCUT2D eigenvalue weighted by Gasteiger charge is 1.84. The Morgan fingerprint density at radius 3 is 2.54 bits per heavy atom. The average molecular weight is 176 g/mol. The molecule has 1 N–H and O–H groups in total. The Balaban J connectivity index is 2.46. The summed E-state index contributed by atoms with van der Waals surface area (Å²) in [6.45, 7) is 0. The van der Waals surface area contributed by atoms with E-state index in [-0.39, 0.29) is 0 Å². The SMILES string of the molecule is C[N+](C)=CN/N=C\c1ccccc1. The van der Waals surface area contributed by atoms with E-state index in [0.717, 1.165) is 5.56 Å². The van der Waals surface area contributed by atoms with Crippen LogP contribution in [-0.2, 0) is 0 Å². The highest BCUT2D eigenvalue weighted by Crippen LogP contribution is 1.92. The Labute approximate surface area is 78.4 Å². The molecule has 1 aromatic rings. The lowest BCUT2D eigenvalue weighted by atomic mass is 10.2. The lowest BCUT2D eigenvalue weighted by Crippen LogP contribution is -2.11. The molecule has 3 nitrogen and oxygen atoms in total. The molecule has 68 valence electrons. The van der Waals surface area contributed by atoms with Gasteiger partial charge in [-0.05, 0) is 5.56 Å². The Morgan fingerprint density at radius 2 is 1.92 bits per heavy atom. The summed E-state index contributed by atoms with van der Waals surface area (Å²) in [5.41, 5.74) is 3.89. The van der Waals surface area contributed by atoms with Gasteiger partial charge >= 0.3 is 0 Å². The van der Waals surface area contributed by atoms with Crippen molar-refractivity contribution >= 4 is 12.6 Å². The van der Waals surface area contributed by atoms with Crippen LogP contribution in [-0.4, -0.2) is 31.2 Å². The normalized spacial score (nSPS) is 10.0. The summed E-state index contributed by atoms with van der Waals surface area (Å²) < 4.78 is 1.89. The van der Waals surface area contributed by atoms with Crippen LogP contribution >= 0.6 is 0 Å². The first-order valence-electron chi connectivity index (χ1n) is 4.12. The van der Waals surface area contributed by atoms with Gasteiger partial charge in [-0.3, -0.25) is 4.58 Å². The predicted molar refractivity (Wildman–Crippen MR) is 55.3 cm³/mol. The molecule has 0 bridgehead atoms. The second-order valence-corrected chi connectivity index (χ2v) is 2.89. The number of hydrogen-bond donors (Lipinski definition) is 1. The van der Waals surface area contributed by atoms with Gasteiger partial charge in [-0.2, -0.15) is 5.43 Å². The van der Waals surface area contributed by atoms with E-state index in [1.165, 1.54) is 0 Å². The molecule has 0 atom stereocenters. The molecule has 0 fully saturated rings. The molecule has 1 rings (SSSR count). The minimum absolute atomic E-state index is 1.09. The van der Waals surface area contributed by atoms with Crippen molar-refractivity contribution in [2.75, 3.05) is 14.1 Å². The van der Waals surface area contributed by atoms with Crippen molar-refractivity contribution in [1.82, 2.24) is 5.43 Å². The Kier molecular flexibility index (Phi) is 3.70. The lowest BCUT2D eigenvalue weighted by Gasteiger charge is -1.88. The van der Waals surface area contributed by atoms with E-state index < -0.39 is 0 Å². The van der Waals surface area contributed by atoms with Crippen molar-refractivity contribution in [2.45, 2.75) is 0 Å². The minimum atomic E-state index is 1.09. The summed E-state index contributed by atoms with van der Waals surface area (Å²) in [6.07, 6.45) is 3.56. The van der Waals surface area contributed by atoms with Crippen LogP contribution in [0, 0.1) is 0 Å². The minimum Gasteiger partial charge on any atom is -0.272 e. The lowest BCUT2D eigenvalue weighted by molar-refractivity contribution is -0.461. The zero-order valence-electron chi connectivity index (χ0n) is 7.94. The molecule has 0 saturated heterocycles. The predicted octanol–water partition coefficient (Wildman–Crippen LogP) is 0.910. The van der Waals surface area contributed by atoms with Gasteiger partial charge in [-0.25, -0.2) is 0 Å². The third-order valence-corrected chi connectivity index (χ3v) is 1.40. The largest absolute Gasteiger partial charge is 0.272 e. The van der Waals surface area contributed by atoms with Gasteiger partial charge in [0.1, 0.15) is 0 Å². The summed E-state index contributed by atoms with van der Waals surface area (Å²) >= 11 is 0. The Hall–Kier alpha value is -1.64. The second kappa shape index (κ2) is 5.09. The van der Waals surface area contributed by atoms with E-state index in [2.05, 4.69) is 10.5 Å². The second-order valence-electron chi connectivity index (χ2n) is 2.89. The molecule has 0 aliphatic heterocycles. The Morgan fingerprint density at radius 1 is 1.23 bits per heavy atom. The van der Waals surface area contributed by atoms with E-state index in [9.17, 15) is 0 Å². The first-order valence-corrected chi connectivity index (χ1v) is 4.12. The van der Waals surface area contributed by atoms with Crippen LogP contribution in [0.15, 0.2) is 35.4 Å². The van der Waals surface area contributed by atoms with Crippen LogP contribution in [0.1, 0.15) is 5.56 Å². The molecule has 0 aromatic heterocycles. The number of benzene rings is 1. The number of nitrogens with one attached hydrogen (secondary N) is 1. The monoisotopic (exact) mass is 176 g/mol. The maximum atomic E-state index is 4.01. The summed E-state index contributed by atoms with van der Waals surface area (Å²) in [7, 11) is 3.87. The first kappa shape index (κ1) is 9.45. The number of hydrazone groups is 1. The zero-order chi connectivity index (χ0) is 9.52. The number of rotatable bonds is 3. The van der Waals surface area contributed by atoms with E-state index in [1.54, 1.807) is 12.6 Å². The molecule has 0 heterocycles. The van der Waals surface area contributed by atoms with Crippen LogP contribution in [0.2, 0.25) is 0 Å². The molecule has 0 radical (unpaired) electrons. The first-order chi connectivity index (χ1) is 6.29. The van der Waals surface area contributed by atoms with Gasteiger partial charge in [0.25, 0.3) is 6.34 Å². The number of nitrogens with zero attached hydrogens (tertiary/aromatic N) is 2. The van der Waals surface area contributed by atoms with Crippen LogP contribution in [0.3, 0.4) is 0 Å². The molecule has 0 aliphatic carbocycles. The van der Waals surface area contributed by atoms with E-state index in [4.69, 9.17) is 0 Å². The van der Waals surface area contributed by atoms with E-state index in [1.807, 2.05) is 49.0 Å². The fourth-order valence-electron chi connectivity index (χ4n) is 0.800. The summed E-state index contributed by atoms with van der Waals surface area (Å²) in [6, 6.07) is 9.95. The molecular weight excluding hydrogens is 162 g/mol. The average Bonchev–Trinajstić information content (AvgIpc) is 2.14. The fourth-order valence-corrected chi connectivity index (χ4v) is 0.800. The molecule has 0 spiro atoms. The van der Waals surface area contributed by atoms with Gasteiger partial charge in [0.2, 0.25) is 0 Å². The van der Waals surface area contributed by atoms with E-state index >= 15 is 0 Å². The van der Waals surface area contributed by atoms with Crippen LogP contribution in [0.5, 0.6) is 0 Å². The topological polar surface area (TPSA) is 27.4 Å². The molecule has 0 aliphatic rings.